The van der Waals surface area contributed by atoms with Crippen LogP contribution in [0, 0.1) is 17.8 Å². The molecule has 2 bridgehead atoms. The van der Waals surface area contributed by atoms with Crippen molar-refractivity contribution in [1.82, 2.24) is 0 Å². The van der Waals surface area contributed by atoms with Crippen LogP contribution in [-0.4, -0.2) is 37.5 Å². The third kappa shape index (κ3) is 5.83. The summed E-state index contributed by atoms with van der Waals surface area (Å²) < 4.78 is 108. The summed E-state index contributed by atoms with van der Waals surface area (Å²) in [5, 5.41) is -5.62. The first kappa shape index (κ1) is 32.3. The number of carbonyl (C=O) groups is 1. The molecule has 0 saturated heterocycles. The molecule has 0 aliphatic heterocycles. The number of hydrogen-bond donors (Lipinski definition) is 0. The van der Waals surface area contributed by atoms with Crippen LogP contribution in [0.4, 0.5) is 22.4 Å². The van der Waals surface area contributed by atoms with Crippen molar-refractivity contribution in [3.63, 3.8) is 0 Å². The molecule has 44 heavy (non-hydrogen) atoms. The average Bonchev–Trinajstić information content (AvgIpc) is 3.57. The Bertz CT molecular complexity index is 1470. The van der Waals surface area contributed by atoms with Crippen LogP contribution in [-0.2, 0) is 23.2 Å². The molecular formula is C32H34F4O6S2. The van der Waals surface area contributed by atoms with Crippen LogP contribution in [0.25, 0.3) is 0 Å². The van der Waals surface area contributed by atoms with E-state index in [1.807, 2.05) is 0 Å². The number of ether oxygens (including phenoxy) is 2. The maximum absolute atomic E-state index is 16.1. The van der Waals surface area contributed by atoms with Gasteiger partial charge in [-0.15, -0.1) is 0 Å². The van der Waals surface area contributed by atoms with Crippen molar-refractivity contribution < 1.29 is 43.9 Å². The van der Waals surface area contributed by atoms with E-state index in [-0.39, 0.29) is 33.9 Å². The van der Waals surface area contributed by atoms with Gasteiger partial charge in [-0.1, -0.05) is 54.6 Å². The fourth-order valence-corrected chi connectivity index (χ4v) is 11.4. The van der Waals surface area contributed by atoms with Gasteiger partial charge in [-0.05, 0) is 92.7 Å². The smallest absolute Gasteiger partial charge is 0.431 e. The minimum absolute atomic E-state index is 0.0952. The van der Waals surface area contributed by atoms with Gasteiger partial charge in [-0.2, -0.15) is 26.0 Å². The lowest BCUT2D eigenvalue weighted by Gasteiger charge is -2.42. The molecule has 2 saturated carbocycles. The molecule has 0 spiro atoms. The van der Waals surface area contributed by atoms with Crippen LogP contribution in [0.5, 0.6) is 0 Å². The normalized spacial score (nSPS) is 22.9. The first-order valence-electron chi connectivity index (χ1n) is 14.2. The molecule has 5 rings (SSSR count). The minimum atomic E-state index is -6.32. The van der Waals surface area contributed by atoms with E-state index in [2.05, 4.69) is 0 Å². The lowest BCUT2D eigenvalue weighted by atomic mass is 9.82. The number of hydrogen-bond acceptors (Lipinski definition) is 6. The van der Waals surface area contributed by atoms with Crippen molar-refractivity contribution in [2.45, 2.75) is 77.6 Å². The van der Waals surface area contributed by atoms with Crippen molar-refractivity contribution in [1.29, 1.82) is 0 Å². The molecule has 238 valence electrons. The molecule has 2 aliphatic rings. The number of fused-ring (bicyclic) bond motifs is 2. The van der Waals surface area contributed by atoms with Crippen molar-refractivity contribution in [2.75, 3.05) is 0 Å². The minimum Gasteiger partial charge on any atom is -0.431 e. The highest BCUT2D eigenvalue weighted by atomic mass is 32.3. The van der Waals surface area contributed by atoms with Gasteiger partial charge in [0.2, 0.25) is 0 Å². The standard InChI is InChI=1S/C32H34F4O6S2/c1-30(2,3)41-29(37)40-28-21-22-19-26(28)27(20-22)31(33,34)32(35,36)44(38,39)42-43(23-13-7-4-8-14-23,24-15-9-5-10-16-24)25-17-11-6-12-18-25/h4-18,22,26-28H,19-21H2,1-3H3. The fourth-order valence-electron chi connectivity index (χ4n) is 6.16. The summed E-state index contributed by atoms with van der Waals surface area (Å²) in [6.07, 6.45) is -2.25. The third-order valence-electron chi connectivity index (χ3n) is 7.97. The quantitative estimate of drug-likeness (QED) is 0.170. The summed E-state index contributed by atoms with van der Waals surface area (Å²) in [4.78, 5) is 13.0. The molecule has 0 heterocycles. The molecule has 3 aromatic carbocycles. The Labute approximate surface area is 256 Å². The molecule has 2 aliphatic carbocycles. The van der Waals surface area contributed by atoms with E-state index in [0.717, 1.165) is 0 Å². The van der Waals surface area contributed by atoms with Crippen LogP contribution in [0.2, 0.25) is 0 Å². The Hall–Kier alpha value is -3.09. The molecule has 0 radical (unpaired) electrons. The third-order valence-corrected chi connectivity index (χ3v) is 13.2. The maximum atomic E-state index is 16.1. The lowest BCUT2D eigenvalue weighted by Crippen LogP contribution is -2.55. The predicted molar refractivity (Wildman–Crippen MR) is 157 cm³/mol. The molecule has 4 unspecified atom stereocenters. The highest BCUT2D eigenvalue weighted by molar-refractivity contribution is 8.33. The second-order valence-corrected chi connectivity index (χ2v) is 16.6. The fraction of sp³-hybridized carbons (Fsp3) is 0.406. The van der Waals surface area contributed by atoms with Crippen LogP contribution in [0.15, 0.2) is 106 Å². The van der Waals surface area contributed by atoms with Gasteiger partial charge in [-0.3, -0.25) is 0 Å². The number of benzene rings is 3. The molecule has 4 atom stereocenters. The van der Waals surface area contributed by atoms with Crippen LogP contribution < -0.4 is 0 Å². The molecule has 3 aromatic rings. The van der Waals surface area contributed by atoms with Crippen molar-refractivity contribution in [3.8, 4) is 0 Å². The second-order valence-electron chi connectivity index (χ2n) is 12.1. The summed E-state index contributed by atoms with van der Waals surface area (Å²) in [6.45, 7) is 4.79. The van der Waals surface area contributed by atoms with E-state index in [4.69, 9.17) is 13.1 Å². The van der Waals surface area contributed by atoms with E-state index < -0.39 is 67.2 Å². The lowest BCUT2D eigenvalue weighted by molar-refractivity contribution is -0.209. The second kappa shape index (κ2) is 11.7. The summed E-state index contributed by atoms with van der Waals surface area (Å²) in [5.41, 5.74) is -0.915. The van der Waals surface area contributed by atoms with Crippen molar-refractivity contribution >= 4 is 26.6 Å². The zero-order chi connectivity index (χ0) is 32.0. The predicted octanol–water partition coefficient (Wildman–Crippen LogP) is 8.82. The summed E-state index contributed by atoms with van der Waals surface area (Å²) >= 11 is 0. The van der Waals surface area contributed by atoms with Crippen LogP contribution >= 0.6 is 10.3 Å². The topological polar surface area (TPSA) is 78.9 Å². The van der Waals surface area contributed by atoms with Gasteiger partial charge in [0.15, 0.2) is 0 Å². The molecular weight excluding hydrogens is 620 g/mol. The highest BCUT2D eigenvalue weighted by Gasteiger charge is 2.74. The van der Waals surface area contributed by atoms with E-state index in [0.29, 0.717) is 0 Å². The highest BCUT2D eigenvalue weighted by Crippen LogP contribution is 2.71. The van der Waals surface area contributed by atoms with E-state index in [1.165, 1.54) is 36.4 Å². The van der Waals surface area contributed by atoms with E-state index in [9.17, 15) is 13.2 Å². The van der Waals surface area contributed by atoms with E-state index in [1.54, 1.807) is 75.4 Å². The van der Waals surface area contributed by atoms with E-state index >= 15 is 17.6 Å². The van der Waals surface area contributed by atoms with Crippen LogP contribution in [0.1, 0.15) is 40.0 Å². The van der Waals surface area contributed by atoms with Gasteiger partial charge in [0.25, 0.3) is 0 Å². The Morgan fingerprint density at radius 2 is 1.18 bits per heavy atom. The Morgan fingerprint density at radius 1 is 0.727 bits per heavy atom. The zero-order valence-corrected chi connectivity index (χ0v) is 26.0. The van der Waals surface area contributed by atoms with Gasteiger partial charge >= 0.3 is 27.5 Å². The number of halogens is 4. The van der Waals surface area contributed by atoms with Gasteiger partial charge in [0.05, 0.1) is 0 Å². The first-order chi connectivity index (χ1) is 20.6. The molecule has 0 aromatic heterocycles. The van der Waals surface area contributed by atoms with Gasteiger partial charge in [0.1, 0.15) is 11.7 Å². The number of carbonyl (C=O) groups excluding carboxylic acids is 1. The molecule has 0 amide bonds. The largest absolute Gasteiger partial charge is 0.509 e. The summed E-state index contributed by atoms with van der Waals surface area (Å²) in [6, 6.07) is 23.7. The average molecular weight is 655 g/mol. The van der Waals surface area contributed by atoms with Gasteiger partial charge in [0, 0.05) is 26.5 Å². The Morgan fingerprint density at radius 3 is 1.59 bits per heavy atom. The number of rotatable bonds is 9. The molecule has 6 nitrogen and oxygen atoms in total. The SMILES string of the molecule is CC(C)(C)OC(=O)OC1CC2CC1C(C(F)(F)C(F)(F)S(=O)(=O)OS(c1ccccc1)(c1ccccc1)c1ccccc1)C2. The first-order valence-corrected chi connectivity index (χ1v) is 17.1. The number of alkyl halides is 4. The Kier molecular flexibility index (Phi) is 8.58. The van der Waals surface area contributed by atoms with Crippen molar-refractivity contribution in [2.24, 2.45) is 17.8 Å². The summed E-state index contributed by atoms with van der Waals surface area (Å²) in [5.74, 6) is -8.74. The monoisotopic (exact) mass is 654 g/mol. The van der Waals surface area contributed by atoms with Gasteiger partial charge in [-0.25, -0.2) is 8.42 Å². The zero-order valence-electron chi connectivity index (χ0n) is 24.4. The van der Waals surface area contributed by atoms with Crippen LogP contribution in [0.3, 0.4) is 0 Å². The van der Waals surface area contributed by atoms with Gasteiger partial charge < -0.3 is 9.47 Å². The Balaban J connectivity index is 1.53. The molecule has 2 fully saturated rings. The van der Waals surface area contributed by atoms with Crippen molar-refractivity contribution in [3.05, 3.63) is 91.0 Å². The summed E-state index contributed by atoms with van der Waals surface area (Å²) in [7, 11) is -9.82. The molecule has 0 N–H and O–H groups in total. The molecule has 12 heteroatoms. The maximum Gasteiger partial charge on any atom is 0.509 e.